The molecule has 0 fully saturated rings. The molecule has 2 N–H and O–H groups in total. The van der Waals surface area contributed by atoms with Crippen molar-refractivity contribution in [1.29, 1.82) is 0 Å². The summed E-state index contributed by atoms with van der Waals surface area (Å²) in [6.45, 7) is 4.02. The number of nitrogens with one attached hydrogen (secondary N) is 1. The molecule has 1 aromatic carbocycles. The zero-order chi connectivity index (χ0) is 11.8. The van der Waals surface area contributed by atoms with Gasteiger partial charge in [-0.2, -0.15) is 0 Å². The van der Waals surface area contributed by atoms with E-state index in [2.05, 4.69) is 5.32 Å². The molecule has 0 radical (unpaired) electrons. The van der Waals surface area contributed by atoms with Crippen LogP contribution in [0.5, 0.6) is 11.5 Å². The number of hydrogen-bond donors (Lipinski definition) is 2. The first kappa shape index (κ1) is 12.8. The first-order valence-corrected chi connectivity index (χ1v) is 5.43. The molecule has 1 rings (SSSR count). The van der Waals surface area contributed by atoms with Crippen molar-refractivity contribution in [1.82, 2.24) is 5.32 Å². The Hall–Kier alpha value is -1.26. The molecular weight excluding hydrogens is 206 g/mol. The summed E-state index contributed by atoms with van der Waals surface area (Å²) in [5.74, 6) is 1.50. The van der Waals surface area contributed by atoms with Gasteiger partial charge >= 0.3 is 0 Å². The molecule has 0 aliphatic heterocycles. The number of benzene rings is 1. The Bertz CT molecular complexity index is 315. The molecule has 0 saturated heterocycles. The molecule has 0 atom stereocenters. The van der Waals surface area contributed by atoms with Crippen LogP contribution in [-0.4, -0.2) is 32.0 Å². The summed E-state index contributed by atoms with van der Waals surface area (Å²) >= 11 is 0. The third-order valence-electron chi connectivity index (χ3n) is 2.15. The van der Waals surface area contributed by atoms with Crippen LogP contribution in [-0.2, 0) is 6.54 Å². The van der Waals surface area contributed by atoms with Gasteiger partial charge in [0.05, 0.1) is 20.3 Å². The zero-order valence-electron chi connectivity index (χ0n) is 9.82. The smallest absolute Gasteiger partial charge is 0.161 e. The summed E-state index contributed by atoms with van der Waals surface area (Å²) in [5, 5.41) is 11.8. The number of aliphatic hydroxyl groups is 1. The molecule has 0 aliphatic rings. The van der Waals surface area contributed by atoms with Gasteiger partial charge in [0.2, 0.25) is 0 Å². The van der Waals surface area contributed by atoms with E-state index in [1.165, 1.54) is 0 Å². The molecule has 4 heteroatoms. The number of methoxy groups -OCH3 is 1. The average Bonchev–Trinajstić information content (AvgIpc) is 2.31. The van der Waals surface area contributed by atoms with Crippen molar-refractivity contribution in [3.05, 3.63) is 23.8 Å². The second kappa shape index (κ2) is 7.09. The molecule has 0 amide bonds. The average molecular weight is 225 g/mol. The van der Waals surface area contributed by atoms with Crippen LogP contribution in [0.25, 0.3) is 0 Å². The lowest BCUT2D eigenvalue weighted by atomic mass is 10.2. The van der Waals surface area contributed by atoms with Crippen molar-refractivity contribution < 1.29 is 14.6 Å². The summed E-state index contributed by atoms with van der Waals surface area (Å²) < 4.78 is 10.7. The van der Waals surface area contributed by atoms with Crippen LogP contribution >= 0.6 is 0 Å². The fraction of sp³-hybridized carbons (Fsp3) is 0.500. The summed E-state index contributed by atoms with van der Waals surface area (Å²) in [5.41, 5.74) is 1.11. The van der Waals surface area contributed by atoms with Gasteiger partial charge in [-0.15, -0.1) is 0 Å². The molecule has 90 valence electrons. The van der Waals surface area contributed by atoms with E-state index in [9.17, 15) is 0 Å². The first-order valence-electron chi connectivity index (χ1n) is 5.43. The van der Waals surface area contributed by atoms with Gasteiger partial charge in [0.15, 0.2) is 11.5 Å². The minimum absolute atomic E-state index is 0.147. The van der Waals surface area contributed by atoms with Gasteiger partial charge in [0.25, 0.3) is 0 Å². The van der Waals surface area contributed by atoms with E-state index in [0.29, 0.717) is 19.7 Å². The highest BCUT2D eigenvalue weighted by Gasteiger charge is 2.04. The molecule has 0 unspecified atom stereocenters. The van der Waals surface area contributed by atoms with Crippen LogP contribution in [0.4, 0.5) is 0 Å². The highest BCUT2D eigenvalue weighted by Crippen LogP contribution is 2.27. The number of hydrogen-bond acceptors (Lipinski definition) is 4. The minimum atomic E-state index is 0.147. The van der Waals surface area contributed by atoms with Crippen LogP contribution < -0.4 is 14.8 Å². The van der Waals surface area contributed by atoms with Gasteiger partial charge in [-0.05, 0) is 24.6 Å². The minimum Gasteiger partial charge on any atom is -0.493 e. The summed E-state index contributed by atoms with van der Waals surface area (Å²) in [6.07, 6.45) is 0. The van der Waals surface area contributed by atoms with E-state index in [1.807, 2.05) is 25.1 Å². The molecular formula is C12H19NO3. The van der Waals surface area contributed by atoms with Gasteiger partial charge in [0.1, 0.15) is 0 Å². The van der Waals surface area contributed by atoms with Crippen molar-refractivity contribution >= 4 is 0 Å². The third-order valence-corrected chi connectivity index (χ3v) is 2.15. The van der Waals surface area contributed by atoms with Crippen LogP contribution in [0, 0.1) is 0 Å². The molecule has 0 aromatic heterocycles. The third kappa shape index (κ3) is 3.72. The summed E-state index contributed by atoms with van der Waals surface area (Å²) in [6, 6.07) is 5.82. The monoisotopic (exact) mass is 225 g/mol. The highest BCUT2D eigenvalue weighted by molar-refractivity contribution is 5.42. The van der Waals surface area contributed by atoms with E-state index >= 15 is 0 Å². The Balaban J connectivity index is 2.66. The van der Waals surface area contributed by atoms with Crippen molar-refractivity contribution in [2.75, 3.05) is 26.9 Å². The maximum atomic E-state index is 8.65. The summed E-state index contributed by atoms with van der Waals surface area (Å²) in [7, 11) is 1.63. The quantitative estimate of drug-likeness (QED) is 0.684. The standard InChI is InChI=1S/C12H19NO3/c1-3-16-11-5-4-10(8-12(11)15-2)9-13-6-7-14/h4-5,8,13-14H,3,6-7,9H2,1-2H3. The molecule has 0 aliphatic carbocycles. The van der Waals surface area contributed by atoms with Gasteiger partial charge in [-0.1, -0.05) is 6.07 Å². The maximum absolute atomic E-state index is 8.65. The Morgan fingerprint density at radius 3 is 2.75 bits per heavy atom. The lowest BCUT2D eigenvalue weighted by Crippen LogP contribution is -2.17. The summed E-state index contributed by atoms with van der Waals surface area (Å²) in [4.78, 5) is 0. The number of aliphatic hydroxyl groups excluding tert-OH is 1. The van der Waals surface area contributed by atoms with Crippen molar-refractivity contribution in [2.24, 2.45) is 0 Å². The predicted molar refractivity (Wildman–Crippen MR) is 63.0 cm³/mol. The highest BCUT2D eigenvalue weighted by atomic mass is 16.5. The normalized spacial score (nSPS) is 10.2. The number of ether oxygens (including phenoxy) is 2. The molecule has 0 heterocycles. The fourth-order valence-electron chi connectivity index (χ4n) is 1.41. The van der Waals surface area contributed by atoms with Gasteiger partial charge in [-0.3, -0.25) is 0 Å². The van der Waals surface area contributed by atoms with Crippen LogP contribution in [0.2, 0.25) is 0 Å². The number of rotatable bonds is 7. The topological polar surface area (TPSA) is 50.7 Å². The van der Waals surface area contributed by atoms with Gasteiger partial charge in [-0.25, -0.2) is 0 Å². The molecule has 4 nitrogen and oxygen atoms in total. The van der Waals surface area contributed by atoms with E-state index in [1.54, 1.807) is 7.11 Å². The van der Waals surface area contributed by atoms with E-state index in [4.69, 9.17) is 14.6 Å². The largest absolute Gasteiger partial charge is 0.493 e. The Labute approximate surface area is 96.2 Å². The first-order chi connectivity index (χ1) is 7.81. The van der Waals surface area contributed by atoms with E-state index in [-0.39, 0.29) is 6.61 Å². The Morgan fingerprint density at radius 1 is 1.31 bits per heavy atom. The molecule has 16 heavy (non-hydrogen) atoms. The Morgan fingerprint density at radius 2 is 2.12 bits per heavy atom. The molecule has 1 aromatic rings. The lowest BCUT2D eigenvalue weighted by Gasteiger charge is -2.11. The SMILES string of the molecule is CCOc1ccc(CNCCO)cc1OC. The molecule has 0 spiro atoms. The zero-order valence-corrected chi connectivity index (χ0v) is 9.82. The molecule has 0 bridgehead atoms. The van der Waals surface area contributed by atoms with E-state index < -0.39 is 0 Å². The maximum Gasteiger partial charge on any atom is 0.161 e. The van der Waals surface area contributed by atoms with Crippen LogP contribution in [0.3, 0.4) is 0 Å². The molecule has 0 saturated carbocycles. The fourth-order valence-corrected chi connectivity index (χ4v) is 1.41. The van der Waals surface area contributed by atoms with Crippen molar-refractivity contribution in [2.45, 2.75) is 13.5 Å². The van der Waals surface area contributed by atoms with Crippen molar-refractivity contribution in [3.63, 3.8) is 0 Å². The van der Waals surface area contributed by atoms with E-state index in [0.717, 1.165) is 17.1 Å². The van der Waals surface area contributed by atoms with Crippen LogP contribution in [0.15, 0.2) is 18.2 Å². The van der Waals surface area contributed by atoms with Crippen LogP contribution in [0.1, 0.15) is 12.5 Å². The second-order valence-electron chi connectivity index (χ2n) is 3.32. The van der Waals surface area contributed by atoms with Gasteiger partial charge in [0, 0.05) is 13.1 Å². The second-order valence-corrected chi connectivity index (χ2v) is 3.32. The Kier molecular flexibility index (Phi) is 5.67. The van der Waals surface area contributed by atoms with Crippen molar-refractivity contribution in [3.8, 4) is 11.5 Å². The van der Waals surface area contributed by atoms with Gasteiger partial charge < -0.3 is 19.9 Å². The predicted octanol–water partition coefficient (Wildman–Crippen LogP) is 1.18. The lowest BCUT2D eigenvalue weighted by molar-refractivity contribution is 0.291.